The van der Waals surface area contributed by atoms with Gasteiger partial charge in [-0.15, -0.1) is 11.3 Å². The molecule has 0 saturated heterocycles. The molecule has 0 aliphatic heterocycles. The van der Waals surface area contributed by atoms with Crippen LogP contribution in [0.2, 0.25) is 0 Å². The molecular weight excluding hydrogens is 316 g/mol. The summed E-state index contributed by atoms with van der Waals surface area (Å²) in [7, 11) is 1.39. The van der Waals surface area contributed by atoms with Gasteiger partial charge in [0.2, 0.25) is 0 Å². The number of thiophene rings is 1. The Bertz CT molecular complexity index is 514. The van der Waals surface area contributed by atoms with Crippen LogP contribution in [0, 0.1) is 18.8 Å². The molecule has 1 heterocycles. The van der Waals surface area contributed by atoms with E-state index in [0.29, 0.717) is 22.5 Å². The minimum absolute atomic E-state index is 0.339. The van der Waals surface area contributed by atoms with Crippen LogP contribution in [-0.4, -0.2) is 36.2 Å². The summed E-state index contributed by atoms with van der Waals surface area (Å²) < 4.78 is 4.83. The van der Waals surface area contributed by atoms with E-state index < -0.39 is 0 Å². The Balaban J connectivity index is 2.91. The summed E-state index contributed by atoms with van der Waals surface area (Å²) in [5.74, 6) is 0.696. The summed E-state index contributed by atoms with van der Waals surface area (Å²) in [5.41, 5.74) is 0.543. The second-order valence-electron chi connectivity index (χ2n) is 6.21. The Morgan fingerprint density at radius 3 is 2.32 bits per heavy atom. The van der Waals surface area contributed by atoms with Crippen LogP contribution >= 0.6 is 23.6 Å². The van der Waals surface area contributed by atoms with E-state index in [9.17, 15) is 4.79 Å². The highest BCUT2D eigenvalue weighted by Crippen LogP contribution is 2.28. The molecule has 0 radical (unpaired) electrons. The first kappa shape index (κ1) is 18.9. The third kappa shape index (κ3) is 5.57. The Hall–Kier alpha value is -1.14. The third-order valence-corrected chi connectivity index (χ3v) is 4.27. The quantitative estimate of drug-likeness (QED) is 0.621. The van der Waals surface area contributed by atoms with E-state index in [4.69, 9.17) is 17.0 Å². The first-order valence-electron chi connectivity index (χ1n) is 7.49. The smallest absolute Gasteiger partial charge is 0.340 e. The van der Waals surface area contributed by atoms with Gasteiger partial charge in [-0.2, -0.15) is 0 Å². The molecule has 0 aliphatic rings. The highest BCUT2D eigenvalue weighted by Gasteiger charge is 2.19. The maximum atomic E-state index is 11.8. The number of hydrogen-bond donors (Lipinski definition) is 1. The molecule has 0 fully saturated rings. The first-order valence-corrected chi connectivity index (χ1v) is 8.71. The molecule has 1 aromatic heterocycles. The molecule has 0 aromatic carbocycles. The van der Waals surface area contributed by atoms with E-state index in [1.165, 1.54) is 18.4 Å². The van der Waals surface area contributed by atoms with Gasteiger partial charge in [0.1, 0.15) is 5.00 Å². The summed E-state index contributed by atoms with van der Waals surface area (Å²) in [5, 5.41) is 4.65. The molecule has 0 unspecified atom stereocenters. The van der Waals surface area contributed by atoms with Crippen molar-refractivity contribution in [3.63, 3.8) is 0 Å². The number of esters is 1. The molecule has 22 heavy (non-hydrogen) atoms. The molecule has 1 rings (SSSR count). The monoisotopic (exact) mass is 342 g/mol. The van der Waals surface area contributed by atoms with E-state index >= 15 is 0 Å². The molecule has 1 N–H and O–H groups in total. The van der Waals surface area contributed by atoms with Crippen LogP contribution in [0.25, 0.3) is 0 Å². The average molecular weight is 343 g/mol. The lowest BCUT2D eigenvalue weighted by molar-refractivity contribution is 0.0602. The van der Waals surface area contributed by atoms with Gasteiger partial charge >= 0.3 is 5.97 Å². The summed E-state index contributed by atoms with van der Waals surface area (Å²) in [4.78, 5) is 15.1. The molecular formula is C16H26N2O2S2. The predicted octanol–water partition coefficient (Wildman–Crippen LogP) is 4.15. The molecule has 0 saturated carbocycles. The Morgan fingerprint density at radius 2 is 1.86 bits per heavy atom. The van der Waals surface area contributed by atoms with Crippen LogP contribution in [0.3, 0.4) is 0 Å². The molecule has 124 valence electrons. The Kier molecular flexibility index (Phi) is 7.29. The summed E-state index contributed by atoms with van der Waals surface area (Å²) >= 11 is 7.07. The molecule has 4 nitrogen and oxygen atoms in total. The largest absolute Gasteiger partial charge is 0.465 e. The minimum atomic E-state index is -0.339. The number of rotatable bonds is 6. The van der Waals surface area contributed by atoms with Crippen LogP contribution in [-0.2, 0) is 4.74 Å². The van der Waals surface area contributed by atoms with Crippen LogP contribution in [0.5, 0.6) is 0 Å². The zero-order valence-corrected chi connectivity index (χ0v) is 15.9. The Labute approximate surface area is 142 Å². The zero-order chi connectivity index (χ0) is 16.9. The van der Waals surface area contributed by atoms with Gasteiger partial charge in [0.15, 0.2) is 5.11 Å². The number of nitrogens with zero attached hydrogens (tertiary/aromatic N) is 1. The zero-order valence-electron chi connectivity index (χ0n) is 14.2. The first-order chi connectivity index (χ1) is 10.2. The van der Waals surface area contributed by atoms with E-state index in [1.807, 2.05) is 13.0 Å². The van der Waals surface area contributed by atoms with Crippen molar-refractivity contribution in [3.05, 3.63) is 16.5 Å². The van der Waals surface area contributed by atoms with Crippen LogP contribution < -0.4 is 5.32 Å². The number of anilines is 1. The maximum absolute atomic E-state index is 11.8. The lowest BCUT2D eigenvalue weighted by atomic mass is 10.1. The van der Waals surface area contributed by atoms with E-state index in [2.05, 4.69) is 37.9 Å². The van der Waals surface area contributed by atoms with Crippen molar-refractivity contribution < 1.29 is 9.53 Å². The summed E-state index contributed by atoms with van der Waals surface area (Å²) in [6, 6.07) is 1.83. The minimum Gasteiger partial charge on any atom is -0.465 e. The SMILES string of the molecule is COC(=O)c1cc(C)sc1NC(=S)N(CC(C)C)CC(C)C. The van der Waals surface area contributed by atoms with Crippen LogP contribution in [0.4, 0.5) is 5.00 Å². The van der Waals surface area contributed by atoms with Crippen molar-refractivity contribution in [2.45, 2.75) is 34.6 Å². The van der Waals surface area contributed by atoms with Gasteiger partial charge in [-0.1, -0.05) is 27.7 Å². The van der Waals surface area contributed by atoms with Gasteiger partial charge in [0.25, 0.3) is 0 Å². The number of methoxy groups -OCH3 is 1. The van der Waals surface area contributed by atoms with Crippen molar-refractivity contribution in [2.75, 3.05) is 25.5 Å². The Morgan fingerprint density at radius 1 is 1.32 bits per heavy atom. The van der Waals surface area contributed by atoms with Crippen molar-refractivity contribution in [1.82, 2.24) is 4.90 Å². The molecule has 0 amide bonds. The van der Waals surface area contributed by atoms with Crippen molar-refractivity contribution in [1.29, 1.82) is 0 Å². The number of hydrogen-bond acceptors (Lipinski definition) is 4. The third-order valence-electron chi connectivity index (χ3n) is 2.94. The number of ether oxygens (including phenoxy) is 1. The number of nitrogens with one attached hydrogen (secondary N) is 1. The van der Waals surface area contributed by atoms with E-state index in [0.717, 1.165) is 23.0 Å². The van der Waals surface area contributed by atoms with Gasteiger partial charge < -0.3 is 15.0 Å². The van der Waals surface area contributed by atoms with Crippen molar-refractivity contribution >= 4 is 39.6 Å². The van der Waals surface area contributed by atoms with Gasteiger partial charge in [0.05, 0.1) is 12.7 Å². The second-order valence-corrected chi connectivity index (χ2v) is 7.86. The summed E-state index contributed by atoms with van der Waals surface area (Å²) in [6.45, 7) is 12.4. The topological polar surface area (TPSA) is 41.6 Å². The standard InChI is InChI=1S/C16H26N2O2S2/c1-10(2)8-18(9-11(3)4)16(21)17-14-13(15(19)20-6)7-12(5)22-14/h7,10-11H,8-9H2,1-6H3,(H,17,21). The fourth-order valence-corrected chi connectivity index (χ4v) is 3.38. The van der Waals surface area contributed by atoms with Gasteiger partial charge in [-0.25, -0.2) is 4.79 Å². The van der Waals surface area contributed by atoms with Crippen LogP contribution in [0.15, 0.2) is 6.07 Å². The fourth-order valence-electron chi connectivity index (χ4n) is 2.17. The lowest BCUT2D eigenvalue weighted by Crippen LogP contribution is -2.39. The highest BCUT2D eigenvalue weighted by molar-refractivity contribution is 7.80. The number of carbonyl (C=O) groups is 1. The molecule has 0 spiro atoms. The molecule has 1 aromatic rings. The molecule has 0 aliphatic carbocycles. The van der Waals surface area contributed by atoms with E-state index in [-0.39, 0.29) is 5.97 Å². The number of thiocarbonyl (C=S) groups is 1. The van der Waals surface area contributed by atoms with Crippen molar-refractivity contribution in [2.24, 2.45) is 11.8 Å². The van der Waals surface area contributed by atoms with Crippen molar-refractivity contribution in [3.8, 4) is 0 Å². The van der Waals surface area contributed by atoms with Crippen LogP contribution in [0.1, 0.15) is 42.9 Å². The molecule has 0 atom stereocenters. The fraction of sp³-hybridized carbons (Fsp3) is 0.625. The molecule has 0 bridgehead atoms. The molecule has 6 heteroatoms. The number of carbonyl (C=O) groups excluding carboxylic acids is 1. The lowest BCUT2D eigenvalue weighted by Gasteiger charge is -2.29. The van der Waals surface area contributed by atoms with Gasteiger partial charge in [-0.05, 0) is 37.0 Å². The van der Waals surface area contributed by atoms with Gasteiger partial charge in [0, 0.05) is 18.0 Å². The maximum Gasteiger partial charge on any atom is 0.340 e. The number of aryl methyl sites for hydroxylation is 1. The normalized spacial score (nSPS) is 10.9. The highest BCUT2D eigenvalue weighted by atomic mass is 32.1. The summed E-state index contributed by atoms with van der Waals surface area (Å²) in [6.07, 6.45) is 0. The average Bonchev–Trinajstić information content (AvgIpc) is 2.76. The predicted molar refractivity (Wildman–Crippen MR) is 97.9 cm³/mol. The second kappa shape index (κ2) is 8.48. The van der Waals surface area contributed by atoms with E-state index in [1.54, 1.807) is 0 Å². The van der Waals surface area contributed by atoms with Gasteiger partial charge in [-0.3, -0.25) is 0 Å².